The van der Waals surface area contributed by atoms with Crippen molar-refractivity contribution >= 4 is 5.69 Å². The van der Waals surface area contributed by atoms with Crippen LogP contribution in [0, 0.1) is 19.7 Å². The predicted octanol–water partition coefficient (Wildman–Crippen LogP) is 4.08. The second kappa shape index (κ2) is 4.13. The molecule has 2 heteroatoms. The molecule has 1 nitrogen and oxygen atoms in total. The van der Waals surface area contributed by atoms with Crippen LogP contribution in [0.3, 0.4) is 0 Å². The molecule has 0 saturated heterocycles. The lowest BCUT2D eigenvalue weighted by molar-refractivity contribution is 0.625. The van der Waals surface area contributed by atoms with E-state index in [0.717, 1.165) is 29.7 Å². The van der Waals surface area contributed by atoms with Crippen molar-refractivity contribution in [1.29, 1.82) is 0 Å². The average molecular weight is 241 g/mol. The highest BCUT2D eigenvalue weighted by Gasteiger charge is 2.13. The summed E-state index contributed by atoms with van der Waals surface area (Å²) in [6.07, 6.45) is 1.07. The van der Waals surface area contributed by atoms with Gasteiger partial charge in [0.25, 0.3) is 0 Å². The number of nitrogens with one attached hydrogen (secondary N) is 1. The van der Waals surface area contributed by atoms with Crippen molar-refractivity contribution in [3.8, 4) is 11.1 Å². The zero-order valence-corrected chi connectivity index (χ0v) is 10.7. The Morgan fingerprint density at radius 1 is 1.06 bits per heavy atom. The van der Waals surface area contributed by atoms with Crippen LogP contribution in [0.5, 0.6) is 0 Å². The van der Waals surface area contributed by atoms with E-state index in [1.54, 1.807) is 12.1 Å². The largest absolute Gasteiger partial charge is 0.384 e. The minimum atomic E-state index is -0.156. The first-order chi connectivity index (χ1) is 8.65. The van der Waals surface area contributed by atoms with Gasteiger partial charge in [0, 0.05) is 12.2 Å². The summed E-state index contributed by atoms with van der Waals surface area (Å²) < 4.78 is 13.3. The molecule has 92 valence electrons. The van der Waals surface area contributed by atoms with E-state index >= 15 is 0 Å². The minimum absolute atomic E-state index is 0.156. The number of rotatable bonds is 1. The van der Waals surface area contributed by atoms with Crippen LogP contribution in [-0.2, 0) is 6.42 Å². The van der Waals surface area contributed by atoms with Gasteiger partial charge in [0.15, 0.2) is 0 Å². The number of hydrogen-bond acceptors (Lipinski definition) is 1. The van der Waals surface area contributed by atoms with Gasteiger partial charge in [-0.1, -0.05) is 6.07 Å². The van der Waals surface area contributed by atoms with E-state index in [2.05, 4.69) is 23.5 Å². The van der Waals surface area contributed by atoms with Crippen molar-refractivity contribution in [3.05, 3.63) is 52.8 Å². The average Bonchev–Trinajstić information content (AvgIpc) is 2.74. The van der Waals surface area contributed by atoms with Gasteiger partial charge in [0.2, 0.25) is 0 Å². The summed E-state index contributed by atoms with van der Waals surface area (Å²) >= 11 is 0. The fourth-order valence-corrected chi connectivity index (χ4v) is 2.83. The predicted molar refractivity (Wildman–Crippen MR) is 73.5 cm³/mol. The first-order valence-electron chi connectivity index (χ1n) is 6.29. The van der Waals surface area contributed by atoms with Gasteiger partial charge in [-0.15, -0.1) is 0 Å². The highest BCUT2D eigenvalue weighted by molar-refractivity contribution is 5.74. The van der Waals surface area contributed by atoms with E-state index in [0.29, 0.717) is 0 Å². The van der Waals surface area contributed by atoms with E-state index in [-0.39, 0.29) is 5.82 Å². The molecule has 2 aromatic carbocycles. The lowest BCUT2D eigenvalue weighted by Crippen LogP contribution is -1.92. The van der Waals surface area contributed by atoms with Crippen molar-refractivity contribution < 1.29 is 4.39 Å². The number of anilines is 1. The molecule has 0 aromatic heterocycles. The van der Waals surface area contributed by atoms with Gasteiger partial charge in [-0.25, -0.2) is 4.39 Å². The smallest absolute Gasteiger partial charge is 0.123 e. The Morgan fingerprint density at radius 3 is 2.50 bits per heavy atom. The van der Waals surface area contributed by atoms with Crippen LogP contribution in [0.2, 0.25) is 0 Å². The van der Waals surface area contributed by atoms with Crippen molar-refractivity contribution in [2.45, 2.75) is 20.3 Å². The molecule has 1 aliphatic heterocycles. The number of fused-ring (bicyclic) bond motifs is 1. The van der Waals surface area contributed by atoms with E-state index in [9.17, 15) is 4.39 Å². The van der Waals surface area contributed by atoms with Gasteiger partial charge in [0.1, 0.15) is 5.82 Å². The second-order valence-corrected chi connectivity index (χ2v) is 4.96. The van der Waals surface area contributed by atoms with E-state index in [1.807, 2.05) is 13.8 Å². The van der Waals surface area contributed by atoms with E-state index in [1.165, 1.54) is 16.8 Å². The topological polar surface area (TPSA) is 12.0 Å². The standard InChI is InChI=1S/C16H16FN/c1-10-7-14(17)8-11(2)16(10)13-3-4-15-12(9-13)5-6-18-15/h3-4,7-9,18H,5-6H2,1-2H3. The van der Waals surface area contributed by atoms with Gasteiger partial charge in [0.05, 0.1) is 0 Å². The van der Waals surface area contributed by atoms with Crippen molar-refractivity contribution in [1.82, 2.24) is 0 Å². The van der Waals surface area contributed by atoms with Crippen LogP contribution < -0.4 is 5.32 Å². The monoisotopic (exact) mass is 241 g/mol. The Bertz CT molecular complexity index is 593. The molecule has 0 unspecified atom stereocenters. The third kappa shape index (κ3) is 1.78. The lowest BCUT2D eigenvalue weighted by atomic mass is 9.94. The molecule has 0 aliphatic carbocycles. The summed E-state index contributed by atoms with van der Waals surface area (Å²) in [7, 11) is 0. The maximum absolute atomic E-state index is 13.3. The molecule has 0 radical (unpaired) electrons. The molecule has 0 amide bonds. The Hall–Kier alpha value is -1.83. The Balaban J connectivity index is 2.16. The summed E-state index contributed by atoms with van der Waals surface area (Å²) in [5, 5.41) is 3.36. The molecular formula is C16H16FN. The number of hydrogen-bond donors (Lipinski definition) is 1. The maximum Gasteiger partial charge on any atom is 0.123 e. The molecule has 18 heavy (non-hydrogen) atoms. The third-order valence-corrected chi connectivity index (χ3v) is 3.60. The Morgan fingerprint density at radius 2 is 1.78 bits per heavy atom. The normalized spacial score (nSPS) is 13.3. The molecule has 0 atom stereocenters. The summed E-state index contributed by atoms with van der Waals surface area (Å²) in [4.78, 5) is 0. The SMILES string of the molecule is Cc1cc(F)cc(C)c1-c1ccc2c(c1)CCN2. The van der Waals surface area contributed by atoms with Crippen molar-refractivity contribution in [2.24, 2.45) is 0 Å². The zero-order chi connectivity index (χ0) is 12.7. The third-order valence-electron chi connectivity index (χ3n) is 3.60. The zero-order valence-electron chi connectivity index (χ0n) is 10.7. The van der Waals surface area contributed by atoms with Gasteiger partial charge in [-0.3, -0.25) is 0 Å². The first-order valence-corrected chi connectivity index (χ1v) is 6.29. The fraction of sp³-hybridized carbons (Fsp3) is 0.250. The molecule has 3 rings (SSSR count). The second-order valence-electron chi connectivity index (χ2n) is 4.96. The number of halogens is 1. The summed E-state index contributed by atoms with van der Waals surface area (Å²) in [6, 6.07) is 9.68. The van der Waals surface area contributed by atoms with E-state index in [4.69, 9.17) is 0 Å². The van der Waals surface area contributed by atoms with Crippen LogP contribution in [0.1, 0.15) is 16.7 Å². The van der Waals surface area contributed by atoms with Gasteiger partial charge < -0.3 is 5.32 Å². The van der Waals surface area contributed by atoms with Crippen molar-refractivity contribution in [2.75, 3.05) is 11.9 Å². The van der Waals surface area contributed by atoms with Crippen LogP contribution >= 0.6 is 0 Å². The fourth-order valence-electron chi connectivity index (χ4n) is 2.83. The number of aryl methyl sites for hydroxylation is 2. The van der Waals surface area contributed by atoms with Crippen LogP contribution in [0.25, 0.3) is 11.1 Å². The molecule has 0 saturated carbocycles. The molecule has 1 aliphatic rings. The van der Waals surface area contributed by atoms with Crippen LogP contribution in [-0.4, -0.2) is 6.54 Å². The lowest BCUT2D eigenvalue weighted by Gasteiger charge is -2.12. The number of benzene rings is 2. The van der Waals surface area contributed by atoms with Crippen LogP contribution in [0.4, 0.5) is 10.1 Å². The molecular weight excluding hydrogens is 225 g/mol. The van der Waals surface area contributed by atoms with Gasteiger partial charge >= 0.3 is 0 Å². The quantitative estimate of drug-likeness (QED) is 0.793. The van der Waals surface area contributed by atoms with Crippen LogP contribution in [0.15, 0.2) is 30.3 Å². The summed E-state index contributed by atoms with van der Waals surface area (Å²) in [5.74, 6) is -0.156. The Labute approximate surface area is 107 Å². The molecule has 0 fully saturated rings. The summed E-state index contributed by atoms with van der Waals surface area (Å²) in [5.41, 5.74) is 6.93. The molecule has 1 heterocycles. The van der Waals surface area contributed by atoms with Gasteiger partial charge in [-0.2, -0.15) is 0 Å². The van der Waals surface area contributed by atoms with Crippen molar-refractivity contribution in [3.63, 3.8) is 0 Å². The molecule has 1 N–H and O–H groups in total. The Kier molecular flexibility index (Phi) is 2.58. The van der Waals surface area contributed by atoms with E-state index < -0.39 is 0 Å². The molecule has 2 aromatic rings. The van der Waals surface area contributed by atoms with Gasteiger partial charge in [-0.05, 0) is 72.4 Å². The first kappa shape index (κ1) is 11.3. The highest BCUT2D eigenvalue weighted by Crippen LogP contribution is 2.32. The molecule has 0 spiro atoms. The summed E-state index contributed by atoms with van der Waals surface area (Å²) in [6.45, 7) is 4.95. The molecule has 0 bridgehead atoms. The maximum atomic E-state index is 13.3. The highest BCUT2D eigenvalue weighted by atomic mass is 19.1. The minimum Gasteiger partial charge on any atom is -0.384 e.